The first kappa shape index (κ1) is 18.9. The van der Waals surface area contributed by atoms with Gasteiger partial charge in [-0.2, -0.15) is 0 Å². The molecule has 0 N–H and O–H groups in total. The fourth-order valence-electron chi connectivity index (χ4n) is 2.82. The average molecular weight is 300 g/mol. The van der Waals surface area contributed by atoms with Crippen molar-refractivity contribution in [2.24, 2.45) is 0 Å². The lowest BCUT2D eigenvalue weighted by molar-refractivity contribution is -0.162. The third-order valence-corrected chi connectivity index (χ3v) is 4.18. The largest absolute Gasteiger partial charge is 0.385 e. The number of hydrogen-bond acceptors (Lipinski definition) is 3. The Hall–Kier alpha value is -0.120. The van der Waals surface area contributed by atoms with E-state index in [1.54, 1.807) is 7.11 Å². The van der Waals surface area contributed by atoms with Crippen LogP contribution in [0.2, 0.25) is 0 Å². The predicted octanol–water partition coefficient (Wildman–Crippen LogP) is 5.08. The first-order valence-electron chi connectivity index (χ1n) is 9.15. The molecule has 1 rings (SSSR count). The molecule has 0 bridgehead atoms. The van der Waals surface area contributed by atoms with Crippen molar-refractivity contribution in [2.45, 2.75) is 89.8 Å². The lowest BCUT2D eigenvalue weighted by atomic mass is 10.1. The summed E-state index contributed by atoms with van der Waals surface area (Å²) in [5, 5.41) is 0. The molecule has 1 fully saturated rings. The molecule has 0 radical (unpaired) electrons. The second-order valence-electron chi connectivity index (χ2n) is 6.20. The maximum absolute atomic E-state index is 5.74. The zero-order valence-electron chi connectivity index (χ0n) is 14.1. The Morgan fingerprint density at radius 1 is 0.762 bits per heavy atom. The SMILES string of the molecule is COCCCCCCCCCCCCOC1CCCCO1. The Balaban J connectivity index is 1.69. The lowest BCUT2D eigenvalue weighted by Gasteiger charge is -2.22. The zero-order valence-corrected chi connectivity index (χ0v) is 14.1. The second kappa shape index (κ2) is 14.8. The molecule has 3 heteroatoms. The summed E-state index contributed by atoms with van der Waals surface area (Å²) in [5.74, 6) is 0. The summed E-state index contributed by atoms with van der Waals surface area (Å²) in [6.07, 6.45) is 17.0. The Morgan fingerprint density at radius 2 is 1.33 bits per heavy atom. The second-order valence-corrected chi connectivity index (χ2v) is 6.20. The predicted molar refractivity (Wildman–Crippen MR) is 87.6 cm³/mol. The third-order valence-electron chi connectivity index (χ3n) is 4.18. The maximum atomic E-state index is 5.74. The summed E-state index contributed by atoms with van der Waals surface area (Å²) < 4.78 is 16.4. The molecule has 0 aliphatic carbocycles. The zero-order chi connectivity index (χ0) is 15.0. The van der Waals surface area contributed by atoms with Crippen LogP contribution in [0.1, 0.15) is 83.5 Å². The number of ether oxygens (including phenoxy) is 3. The Bertz CT molecular complexity index is 203. The van der Waals surface area contributed by atoms with E-state index in [9.17, 15) is 0 Å². The number of methoxy groups -OCH3 is 1. The summed E-state index contributed by atoms with van der Waals surface area (Å²) in [6.45, 7) is 2.69. The van der Waals surface area contributed by atoms with Crippen LogP contribution in [-0.2, 0) is 14.2 Å². The standard InChI is InChI=1S/C18H36O3/c1-19-15-11-8-6-4-2-3-5-7-9-12-16-20-18-14-10-13-17-21-18/h18H,2-17H2,1H3. The maximum Gasteiger partial charge on any atom is 0.157 e. The molecule has 0 amide bonds. The first-order valence-corrected chi connectivity index (χ1v) is 9.15. The number of rotatable bonds is 14. The molecule has 0 spiro atoms. The van der Waals surface area contributed by atoms with Gasteiger partial charge in [-0.05, 0) is 32.1 Å². The van der Waals surface area contributed by atoms with Gasteiger partial charge in [-0.3, -0.25) is 0 Å². The highest BCUT2D eigenvalue weighted by atomic mass is 16.7. The van der Waals surface area contributed by atoms with Crippen LogP contribution in [0.25, 0.3) is 0 Å². The van der Waals surface area contributed by atoms with Gasteiger partial charge < -0.3 is 14.2 Å². The molecule has 126 valence electrons. The van der Waals surface area contributed by atoms with Gasteiger partial charge in [-0.1, -0.05) is 51.4 Å². The molecule has 0 aromatic heterocycles. The van der Waals surface area contributed by atoms with Gasteiger partial charge in [-0.15, -0.1) is 0 Å². The van der Waals surface area contributed by atoms with E-state index in [4.69, 9.17) is 14.2 Å². The van der Waals surface area contributed by atoms with Crippen molar-refractivity contribution < 1.29 is 14.2 Å². The molecule has 0 aromatic carbocycles. The highest BCUT2D eigenvalue weighted by molar-refractivity contribution is 4.54. The normalized spacial score (nSPS) is 19.0. The van der Waals surface area contributed by atoms with Gasteiger partial charge in [0.25, 0.3) is 0 Å². The highest BCUT2D eigenvalue weighted by Crippen LogP contribution is 2.15. The van der Waals surface area contributed by atoms with Crippen molar-refractivity contribution in [1.29, 1.82) is 0 Å². The molecule has 0 saturated carbocycles. The van der Waals surface area contributed by atoms with E-state index in [2.05, 4.69) is 0 Å². The van der Waals surface area contributed by atoms with Gasteiger partial charge in [0.1, 0.15) is 0 Å². The summed E-state index contributed by atoms with van der Waals surface area (Å²) in [5.41, 5.74) is 0. The summed E-state index contributed by atoms with van der Waals surface area (Å²) >= 11 is 0. The van der Waals surface area contributed by atoms with Crippen LogP contribution in [0, 0.1) is 0 Å². The quantitative estimate of drug-likeness (QED) is 0.419. The Kier molecular flexibility index (Phi) is 13.3. The van der Waals surface area contributed by atoms with Crippen LogP contribution in [0.5, 0.6) is 0 Å². The Morgan fingerprint density at radius 3 is 1.86 bits per heavy atom. The molecule has 3 nitrogen and oxygen atoms in total. The molecule has 0 aromatic rings. The highest BCUT2D eigenvalue weighted by Gasteiger charge is 2.13. The van der Waals surface area contributed by atoms with Crippen molar-refractivity contribution in [1.82, 2.24) is 0 Å². The molecule has 1 saturated heterocycles. The number of hydrogen-bond donors (Lipinski definition) is 0. The summed E-state index contributed by atoms with van der Waals surface area (Å²) in [6, 6.07) is 0. The molecule has 1 heterocycles. The monoisotopic (exact) mass is 300 g/mol. The van der Waals surface area contributed by atoms with Crippen LogP contribution in [0.3, 0.4) is 0 Å². The minimum absolute atomic E-state index is 0.0943. The molecular formula is C18H36O3. The van der Waals surface area contributed by atoms with Gasteiger partial charge >= 0.3 is 0 Å². The molecule has 1 atom stereocenters. The van der Waals surface area contributed by atoms with Crippen molar-refractivity contribution in [2.75, 3.05) is 26.9 Å². The molecular weight excluding hydrogens is 264 g/mol. The van der Waals surface area contributed by atoms with Crippen LogP contribution >= 0.6 is 0 Å². The third kappa shape index (κ3) is 12.1. The van der Waals surface area contributed by atoms with E-state index in [-0.39, 0.29) is 6.29 Å². The van der Waals surface area contributed by atoms with E-state index in [1.807, 2.05) is 0 Å². The van der Waals surface area contributed by atoms with Gasteiger partial charge in [0.2, 0.25) is 0 Å². The van der Waals surface area contributed by atoms with Crippen LogP contribution in [-0.4, -0.2) is 33.2 Å². The van der Waals surface area contributed by atoms with Gasteiger partial charge in [0.15, 0.2) is 6.29 Å². The summed E-state index contributed by atoms with van der Waals surface area (Å²) in [7, 11) is 1.78. The van der Waals surface area contributed by atoms with Crippen molar-refractivity contribution in [3.8, 4) is 0 Å². The molecule has 21 heavy (non-hydrogen) atoms. The van der Waals surface area contributed by atoms with E-state index in [0.29, 0.717) is 0 Å². The van der Waals surface area contributed by atoms with Crippen molar-refractivity contribution >= 4 is 0 Å². The van der Waals surface area contributed by atoms with E-state index in [0.717, 1.165) is 26.2 Å². The smallest absolute Gasteiger partial charge is 0.157 e. The molecule has 1 aliphatic rings. The van der Waals surface area contributed by atoms with E-state index < -0.39 is 0 Å². The fraction of sp³-hybridized carbons (Fsp3) is 1.00. The van der Waals surface area contributed by atoms with Gasteiger partial charge in [0, 0.05) is 26.9 Å². The first-order chi connectivity index (χ1) is 10.4. The van der Waals surface area contributed by atoms with Crippen molar-refractivity contribution in [3.63, 3.8) is 0 Å². The van der Waals surface area contributed by atoms with E-state index in [1.165, 1.54) is 77.0 Å². The molecule has 1 unspecified atom stereocenters. The van der Waals surface area contributed by atoms with E-state index >= 15 is 0 Å². The lowest BCUT2D eigenvalue weighted by Crippen LogP contribution is -2.22. The fourth-order valence-corrected chi connectivity index (χ4v) is 2.82. The van der Waals surface area contributed by atoms with Crippen LogP contribution < -0.4 is 0 Å². The van der Waals surface area contributed by atoms with Gasteiger partial charge in [-0.25, -0.2) is 0 Å². The molecule has 1 aliphatic heterocycles. The Labute approximate surface area is 131 Å². The minimum Gasteiger partial charge on any atom is -0.385 e. The average Bonchev–Trinajstić information content (AvgIpc) is 2.53. The van der Waals surface area contributed by atoms with Crippen LogP contribution in [0.15, 0.2) is 0 Å². The number of unbranched alkanes of at least 4 members (excludes halogenated alkanes) is 9. The van der Waals surface area contributed by atoms with Gasteiger partial charge in [0.05, 0.1) is 0 Å². The van der Waals surface area contributed by atoms with Crippen molar-refractivity contribution in [3.05, 3.63) is 0 Å². The minimum atomic E-state index is 0.0943. The summed E-state index contributed by atoms with van der Waals surface area (Å²) in [4.78, 5) is 0. The topological polar surface area (TPSA) is 27.7 Å². The van der Waals surface area contributed by atoms with Crippen LogP contribution in [0.4, 0.5) is 0 Å².